The van der Waals surface area contributed by atoms with Crippen LogP contribution in [0.2, 0.25) is 5.02 Å². The highest BCUT2D eigenvalue weighted by molar-refractivity contribution is 6.30. The minimum atomic E-state index is -0.351. The van der Waals surface area contributed by atoms with E-state index in [4.69, 9.17) is 11.6 Å². The molecule has 24 heavy (non-hydrogen) atoms. The first kappa shape index (κ1) is 16.2. The number of piperidine rings is 1. The lowest BCUT2D eigenvalue weighted by atomic mass is 9.83. The van der Waals surface area contributed by atoms with Crippen LogP contribution in [0.1, 0.15) is 42.5 Å². The van der Waals surface area contributed by atoms with Gasteiger partial charge in [0.1, 0.15) is 5.02 Å². The molecule has 4 fully saturated rings. The van der Waals surface area contributed by atoms with Gasteiger partial charge in [-0.2, -0.15) is 0 Å². The Labute approximate surface area is 147 Å². The third-order valence-electron chi connectivity index (χ3n) is 5.94. The van der Waals surface area contributed by atoms with Crippen molar-refractivity contribution < 1.29 is 4.79 Å². The van der Waals surface area contributed by atoms with Gasteiger partial charge in [0.15, 0.2) is 0 Å². The fourth-order valence-corrected chi connectivity index (χ4v) is 4.51. The molecule has 130 valence electrons. The SMILES string of the molecule is O=C(c1c[nH]c(=O)c(Cl)c1)N1C[C@@H]2CC[C@H](C1)N(CC1CCC1)C2. The van der Waals surface area contributed by atoms with Crippen LogP contribution in [-0.4, -0.2) is 52.9 Å². The normalized spacial score (nSPS) is 27.8. The zero-order valence-electron chi connectivity index (χ0n) is 13.8. The Hall–Kier alpha value is -1.33. The van der Waals surface area contributed by atoms with Gasteiger partial charge in [-0.3, -0.25) is 14.5 Å². The highest BCUT2D eigenvalue weighted by Crippen LogP contribution is 2.33. The third-order valence-corrected chi connectivity index (χ3v) is 6.22. The molecule has 5 nitrogen and oxygen atoms in total. The van der Waals surface area contributed by atoms with Crippen molar-refractivity contribution in [3.8, 4) is 0 Å². The Bertz CT molecular complexity index is 685. The van der Waals surface area contributed by atoms with E-state index in [1.807, 2.05) is 4.90 Å². The molecule has 1 aliphatic carbocycles. The second-order valence-corrected chi connectivity index (χ2v) is 8.03. The summed E-state index contributed by atoms with van der Waals surface area (Å²) >= 11 is 5.88. The number of nitrogens with zero attached hydrogens (tertiary/aromatic N) is 2. The molecular weight excluding hydrogens is 326 g/mol. The average molecular weight is 350 g/mol. The summed E-state index contributed by atoms with van der Waals surface area (Å²) < 4.78 is 0. The van der Waals surface area contributed by atoms with Gasteiger partial charge in [-0.25, -0.2) is 0 Å². The molecule has 2 bridgehead atoms. The summed E-state index contributed by atoms with van der Waals surface area (Å²) in [5, 5.41) is 0.0743. The van der Waals surface area contributed by atoms with Crippen molar-refractivity contribution in [1.29, 1.82) is 0 Å². The molecule has 1 N–H and O–H groups in total. The molecule has 1 amide bonds. The summed E-state index contributed by atoms with van der Waals surface area (Å²) in [4.78, 5) is 31.4. The van der Waals surface area contributed by atoms with Gasteiger partial charge in [-0.1, -0.05) is 18.0 Å². The van der Waals surface area contributed by atoms with Crippen LogP contribution in [0.4, 0.5) is 0 Å². The number of carbonyl (C=O) groups is 1. The van der Waals surface area contributed by atoms with Gasteiger partial charge < -0.3 is 9.88 Å². The van der Waals surface area contributed by atoms with Gasteiger partial charge in [-0.15, -0.1) is 0 Å². The highest BCUT2D eigenvalue weighted by Gasteiger charge is 2.38. The lowest BCUT2D eigenvalue weighted by molar-refractivity contribution is 0.0717. The maximum Gasteiger partial charge on any atom is 0.266 e. The minimum absolute atomic E-state index is 0.0180. The zero-order chi connectivity index (χ0) is 16.7. The van der Waals surface area contributed by atoms with E-state index in [2.05, 4.69) is 9.88 Å². The topological polar surface area (TPSA) is 56.4 Å². The van der Waals surface area contributed by atoms with Crippen LogP contribution < -0.4 is 5.56 Å². The molecule has 5 rings (SSSR count). The second-order valence-electron chi connectivity index (χ2n) is 7.62. The van der Waals surface area contributed by atoms with Crippen molar-refractivity contribution in [1.82, 2.24) is 14.8 Å². The number of pyridine rings is 1. The first-order valence-corrected chi connectivity index (χ1v) is 9.39. The molecule has 4 aliphatic rings. The summed E-state index contributed by atoms with van der Waals surface area (Å²) in [6, 6.07) is 1.97. The van der Waals surface area contributed by atoms with Crippen LogP contribution in [0.5, 0.6) is 0 Å². The van der Waals surface area contributed by atoms with Crippen molar-refractivity contribution in [2.75, 3.05) is 26.2 Å². The van der Waals surface area contributed by atoms with Crippen molar-refractivity contribution in [3.05, 3.63) is 33.2 Å². The van der Waals surface area contributed by atoms with E-state index in [0.717, 1.165) is 25.6 Å². The van der Waals surface area contributed by atoms with Gasteiger partial charge >= 0.3 is 0 Å². The van der Waals surface area contributed by atoms with E-state index in [-0.39, 0.29) is 16.5 Å². The van der Waals surface area contributed by atoms with Crippen molar-refractivity contribution in [2.45, 2.75) is 38.1 Å². The number of fused-ring (bicyclic) bond motifs is 4. The summed E-state index contributed by atoms with van der Waals surface area (Å²) in [6.45, 7) is 3.93. The van der Waals surface area contributed by atoms with E-state index >= 15 is 0 Å². The largest absolute Gasteiger partial charge is 0.337 e. The Morgan fingerprint density at radius 2 is 2.04 bits per heavy atom. The summed E-state index contributed by atoms with van der Waals surface area (Å²) in [7, 11) is 0. The van der Waals surface area contributed by atoms with Crippen LogP contribution in [0, 0.1) is 11.8 Å². The molecule has 3 aliphatic heterocycles. The van der Waals surface area contributed by atoms with Crippen molar-refractivity contribution >= 4 is 17.5 Å². The smallest absolute Gasteiger partial charge is 0.266 e. The molecule has 2 atom stereocenters. The number of aromatic amines is 1. The van der Waals surface area contributed by atoms with E-state index in [0.29, 0.717) is 17.5 Å². The lowest BCUT2D eigenvalue weighted by Gasteiger charge is -2.40. The number of aromatic nitrogens is 1. The molecule has 1 aromatic heterocycles. The number of nitrogens with one attached hydrogen (secondary N) is 1. The van der Waals surface area contributed by atoms with Gasteiger partial charge in [-0.05, 0) is 43.6 Å². The van der Waals surface area contributed by atoms with Crippen molar-refractivity contribution in [2.24, 2.45) is 11.8 Å². The second kappa shape index (κ2) is 6.52. The van der Waals surface area contributed by atoms with E-state index < -0.39 is 0 Å². The summed E-state index contributed by atoms with van der Waals surface area (Å²) in [5.41, 5.74) is 0.127. The highest BCUT2D eigenvalue weighted by atomic mass is 35.5. The van der Waals surface area contributed by atoms with Gasteiger partial charge in [0.2, 0.25) is 0 Å². The Morgan fingerprint density at radius 3 is 2.75 bits per heavy atom. The minimum Gasteiger partial charge on any atom is -0.337 e. The van der Waals surface area contributed by atoms with Gasteiger partial charge in [0.05, 0.1) is 5.56 Å². The summed E-state index contributed by atoms with van der Waals surface area (Å²) in [5.74, 6) is 1.41. The molecule has 0 aromatic carbocycles. The number of hydrogen-bond acceptors (Lipinski definition) is 3. The van der Waals surface area contributed by atoms with Gasteiger partial charge in [0, 0.05) is 38.4 Å². The van der Waals surface area contributed by atoms with Crippen LogP contribution in [0.25, 0.3) is 0 Å². The van der Waals surface area contributed by atoms with Crippen LogP contribution >= 0.6 is 11.6 Å². The third kappa shape index (κ3) is 3.11. The molecule has 0 spiro atoms. The first-order valence-electron chi connectivity index (χ1n) is 9.01. The van der Waals surface area contributed by atoms with E-state index in [9.17, 15) is 9.59 Å². The number of carbonyl (C=O) groups excluding carboxylic acids is 1. The van der Waals surface area contributed by atoms with Crippen LogP contribution in [0.15, 0.2) is 17.1 Å². The molecule has 1 saturated carbocycles. The maximum absolute atomic E-state index is 12.9. The lowest BCUT2D eigenvalue weighted by Crippen LogP contribution is -2.47. The number of amides is 1. The molecule has 0 unspecified atom stereocenters. The molecular formula is C18H24ClN3O2. The Morgan fingerprint density at radius 1 is 1.21 bits per heavy atom. The fourth-order valence-electron chi connectivity index (χ4n) is 4.34. The first-order chi connectivity index (χ1) is 11.6. The number of rotatable bonds is 3. The average Bonchev–Trinajstić information content (AvgIpc) is 2.84. The van der Waals surface area contributed by atoms with E-state index in [1.54, 1.807) is 0 Å². The molecule has 6 heteroatoms. The monoisotopic (exact) mass is 349 g/mol. The van der Waals surface area contributed by atoms with Crippen LogP contribution in [-0.2, 0) is 0 Å². The number of halogens is 1. The standard InChI is InChI=1S/C18H24ClN3O2/c19-16-6-14(7-20-17(16)23)18(24)22-10-13-4-5-15(11-22)21(9-13)8-12-2-1-3-12/h6-7,12-13,15H,1-5,8-11H2,(H,20,23)/t13-,15-/m1/s1. The predicted octanol–water partition coefficient (Wildman–Crippen LogP) is 2.36. The van der Waals surface area contributed by atoms with E-state index in [1.165, 1.54) is 50.9 Å². The Kier molecular flexibility index (Phi) is 4.39. The Balaban J connectivity index is 1.49. The van der Waals surface area contributed by atoms with Crippen molar-refractivity contribution in [3.63, 3.8) is 0 Å². The molecule has 1 aromatic rings. The molecule has 4 heterocycles. The quantitative estimate of drug-likeness (QED) is 0.911. The summed E-state index contributed by atoms with van der Waals surface area (Å²) in [6.07, 6.45) is 7.99. The zero-order valence-corrected chi connectivity index (χ0v) is 14.6. The predicted molar refractivity (Wildman–Crippen MR) is 93.4 cm³/mol. The fraction of sp³-hybridized carbons (Fsp3) is 0.667. The maximum atomic E-state index is 12.9. The van der Waals surface area contributed by atoms with Crippen LogP contribution in [0.3, 0.4) is 0 Å². The number of H-pyrrole nitrogens is 1. The molecule has 0 radical (unpaired) electrons. The van der Waals surface area contributed by atoms with Gasteiger partial charge in [0.25, 0.3) is 11.5 Å². The number of hydrogen-bond donors (Lipinski definition) is 1. The molecule has 3 saturated heterocycles.